The number of hydrogen-bond acceptors (Lipinski definition) is 2. The molecule has 0 amide bonds. The van der Waals surface area contributed by atoms with Crippen LogP contribution in [0.5, 0.6) is 0 Å². The van der Waals surface area contributed by atoms with Crippen molar-refractivity contribution in [1.82, 2.24) is 0 Å². The maximum atomic E-state index is 5.56. The lowest BCUT2D eigenvalue weighted by Crippen LogP contribution is -2.35. The van der Waals surface area contributed by atoms with Crippen molar-refractivity contribution in [2.24, 2.45) is 0 Å². The van der Waals surface area contributed by atoms with E-state index in [1.807, 2.05) is 31.2 Å². The fourth-order valence-corrected chi connectivity index (χ4v) is 2.27. The van der Waals surface area contributed by atoms with Gasteiger partial charge in [-0.25, -0.2) is 0 Å². The van der Waals surface area contributed by atoms with Gasteiger partial charge in [-0.15, -0.1) is 0 Å². The van der Waals surface area contributed by atoms with E-state index in [1.54, 1.807) is 12.5 Å². The van der Waals surface area contributed by atoms with E-state index in [4.69, 9.17) is 9.47 Å². The summed E-state index contributed by atoms with van der Waals surface area (Å²) in [5, 5.41) is 0. The summed E-state index contributed by atoms with van der Waals surface area (Å²) in [5.74, 6) is -0.735. The van der Waals surface area contributed by atoms with Gasteiger partial charge in [0.05, 0.1) is 4.83 Å². The van der Waals surface area contributed by atoms with Crippen molar-refractivity contribution in [3.8, 4) is 0 Å². The smallest absolute Gasteiger partial charge is 0.289 e. The third-order valence-electron chi connectivity index (χ3n) is 2.31. The molecular weight excluding hydrogens is 324 g/mol. The van der Waals surface area contributed by atoms with Crippen molar-refractivity contribution >= 4 is 31.9 Å². The van der Waals surface area contributed by atoms with Crippen LogP contribution in [0.25, 0.3) is 0 Å². The normalized spacial score (nSPS) is 19.4. The van der Waals surface area contributed by atoms with Crippen LogP contribution in [0.3, 0.4) is 0 Å². The summed E-state index contributed by atoms with van der Waals surface area (Å²) in [6.45, 7) is 2.00. The molecule has 4 heteroatoms. The SMILES string of the molecule is CC(Br)C1(c2ccc(Br)cc2)OC=CO1. The molecule has 1 heterocycles. The molecule has 2 rings (SSSR count). The Labute approximate surface area is 106 Å². The summed E-state index contributed by atoms with van der Waals surface area (Å²) < 4.78 is 12.2. The zero-order valence-corrected chi connectivity index (χ0v) is 11.3. The Kier molecular flexibility index (Phi) is 3.07. The number of rotatable bonds is 2. The van der Waals surface area contributed by atoms with Gasteiger partial charge < -0.3 is 9.47 Å². The van der Waals surface area contributed by atoms with Gasteiger partial charge in [-0.2, -0.15) is 0 Å². The highest BCUT2D eigenvalue weighted by molar-refractivity contribution is 9.10. The van der Waals surface area contributed by atoms with E-state index in [0.717, 1.165) is 10.0 Å². The second-order valence-electron chi connectivity index (χ2n) is 3.30. The van der Waals surface area contributed by atoms with Gasteiger partial charge in [0.25, 0.3) is 5.79 Å². The van der Waals surface area contributed by atoms with E-state index in [0.29, 0.717) is 0 Å². The first-order valence-corrected chi connectivity index (χ1v) is 6.27. The van der Waals surface area contributed by atoms with Gasteiger partial charge in [-0.05, 0) is 19.1 Å². The predicted octanol–water partition coefficient (Wildman–Crippen LogP) is 3.90. The maximum Gasteiger partial charge on any atom is 0.289 e. The van der Waals surface area contributed by atoms with Gasteiger partial charge in [0.2, 0.25) is 0 Å². The monoisotopic (exact) mass is 332 g/mol. The number of alkyl halides is 1. The lowest BCUT2D eigenvalue weighted by atomic mass is 10.0. The maximum absolute atomic E-state index is 5.56. The summed E-state index contributed by atoms with van der Waals surface area (Å²) in [4.78, 5) is 0.0566. The Hall–Kier alpha value is -0.480. The number of hydrogen-bond donors (Lipinski definition) is 0. The van der Waals surface area contributed by atoms with Crippen molar-refractivity contribution in [2.75, 3.05) is 0 Å². The summed E-state index contributed by atoms with van der Waals surface area (Å²) in [7, 11) is 0. The minimum atomic E-state index is -0.735. The largest absolute Gasteiger partial charge is 0.452 e. The van der Waals surface area contributed by atoms with E-state index in [-0.39, 0.29) is 4.83 Å². The molecule has 1 aliphatic heterocycles. The van der Waals surface area contributed by atoms with Crippen LogP contribution in [0.2, 0.25) is 0 Å². The third kappa shape index (κ3) is 1.93. The molecule has 1 unspecified atom stereocenters. The molecule has 0 bridgehead atoms. The van der Waals surface area contributed by atoms with E-state index >= 15 is 0 Å². The minimum Gasteiger partial charge on any atom is -0.452 e. The molecule has 1 aliphatic rings. The highest BCUT2D eigenvalue weighted by atomic mass is 79.9. The molecule has 0 saturated carbocycles. The highest BCUT2D eigenvalue weighted by Crippen LogP contribution is 2.39. The van der Waals surface area contributed by atoms with Crippen LogP contribution in [0.15, 0.2) is 41.3 Å². The molecular formula is C11H10Br2O2. The average Bonchev–Trinajstić information content (AvgIpc) is 2.69. The third-order valence-corrected chi connectivity index (χ3v) is 3.44. The van der Waals surface area contributed by atoms with Crippen molar-refractivity contribution in [3.63, 3.8) is 0 Å². The zero-order chi connectivity index (χ0) is 10.9. The van der Waals surface area contributed by atoms with Gasteiger partial charge in [-0.1, -0.05) is 44.0 Å². The summed E-state index contributed by atoms with van der Waals surface area (Å²) in [5.41, 5.74) is 0.986. The fourth-order valence-electron chi connectivity index (χ4n) is 1.52. The molecule has 0 aromatic heterocycles. The first-order chi connectivity index (χ1) is 7.15. The standard InChI is InChI=1S/C11H10Br2O2/c1-8(12)11(14-6-7-15-11)9-2-4-10(13)5-3-9/h2-8H,1H3. The molecule has 80 valence electrons. The van der Waals surface area contributed by atoms with Crippen molar-refractivity contribution in [2.45, 2.75) is 17.5 Å². The lowest BCUT2D eigenvalue weighted by molar-refractivity contribution is -0.145. The summed E-state index contributed by atoms with van der Waals surface area (Å²) in [6.07, 6.45) is 3.14. The van der Waals surface area contributed by atoms with Crippen molar-refractivity contribution in [3.05, 3.63) is 46.8 Å². The molecule has 0 saturated heterocycles. The number of ether oxygens (including phenoxy) is 2. The molecule has 0 N–H and O–H groups in total. The topological polar surface area (TPSA) is 18.5 Å². The van der Waals surface area contributed by atoms with E-state index in [2.05, 4.69) is 31.9 Å². The van der Waals surface area contributed by atoms with Gasteiger partial charge in [0.15, 0.2) is 0 Å². The molecule has 1 atom stereocenters. The fraction of sp³-hybridized carbons (Fsp3) is 0.273. The van der Waals surface area contributed by atoms with Gasteiger partial charge in [0, 0.05) is 10.0 Å². The summed E-state index contributed by atoms with van der Waals surface area (Å²) >= 11 is 6.91. The molecule has 0 aliphatic carbocycles. The molecule has 15 heavy (non-hydrogen) atoms. The quantitative estimate of drug-likeness (QED) is 0.764. The Morgan fingerprint density at radius 2 is 1.67 bits per heavy atom. The van der Waals surface area contributed by atoms with Crippen LogP contribution in [-0.2, 0) is 15.3 Å². The van der Waals surface area contributed by atoms with Crippen molar-refractivity contribution < 1.29 is 9.47 Å². The lowest BCUT2D eigenvalue weighted by Gasteiger charge is -2.30. The molecule has 2 nitrogen and oxygen atoms in total. The first kappa shape index (κ1) is 11.0. The predicted molar refractivity (Wildman–Crippen MR) is 65.5 cm³/mol. The van der Waals surface area contributed by atoms with E-state index < -0.39 is 5.79 Å². The van der Waals surface area contributed by atoms with Crippen LogP contribution < -0.4 is 0 Å². The minimum absolute atomic E-state index is 0.0566. The number of halogens is 2. The van der Waals surface area contributed by atoms with Crippen LogP contribution in [0.1, 0.15) is 12.5 Å². The van der Waals surface area contributed by atoms with Gasteiger partial charge >= 0.3 is 0 Å². The second kappa shape index (κ2) is 4.18. The van der Waals surface area contributed by atoms with Crippen LogP contribution in [0.4, 0.5) is 0 Å². The Balaban J connectivity index is 2.37. The summed E-state index contributed by atoms with van der Waals surface area (Å²) in [6, 6.07) is 7.90. The Morgan fingerprint density at radius 1 is 1.13 bits per heavy atom. The average molecular weight is 334 g/mol. The van der Waals surface area contributed by atoms with Crippen LogP contribution >= 0.6 is 31.9 Å². The molecule has 1 aromatic rings. The molecule has 1 aromatic carbocycles. The molecule has 0 radical (unpaired) electrons. The van der Waals surface area contributed by atoms with Crippen LogP contribution in [0, 0.1) is 0 Å². The van der Waals surface area contributed by atoms with Gasteiger partial charge in [-0.3, -0.25) is 0 Å². The highest BCUT2D eigenvalue weighted by Gasteiger charge is 2.42. The molecule has 0 fully saturated rings. The van der Waals surface area contributed by atoms with Crippen LogP contribution in [-0.4, -0.2) is 4.83 Å². The zero-order valence-electron chi connectivity index (χ0n) is 8.11. The van der Waals surface area contributed by atoms with E-state index in [9.17, 15) is 0 Å². The van der Waals surface area contributed by atoms with Gasteiger partial charge in [0.1, 0.15) is 12.5 Å². The Morgan fingerprint density at radius 3 is 2.13 bits per heavy atom. The Bertz CT molecular complexity index is 363. The first-order valence-electron chi connectivity index (χ1n) is 4.56. The number of benzene rings is 1. The second-order valence-corrected chi connectivity index (χ2v) is 5.59. The molecule has 0 spiro atoms. The van der Waals surface area contributed by atoms with Crippen molar-refractivity contribution in [1.29, 1.82) is 0 Å². The van der Waals surface area contributed by atoms with E-state index in [1.165, 1.54) is 0 Å².